The van der Waals surface area contributed by atoms with Crippen molar-refractivity contribution in [2.45, 2.75) is 228 Å². The van der Waals surface area contributed by atoms with Crippen LogP contribution in [0.1, 0.15) is 228 Å². The van der Waals surface area contributed by atoms with Crippen molar-refractivity contribution in [2.24, 2.45) is 0 Å². The first-order chi connectivity index (χ1) is 33.9. The number of carbonyl (C=O) groups is 2. The molecule has 75 heavy (non-hydrogen) atoms. The van der Waals surface area contributed by atoms with Crippen LogP contribution in [-0.4, -0.2) is 58.6 Å². The Hall–Kier alpha value is -4.63. The van der Waals surface area contributed by atoms with E-state index in [-0.39, 0.29) is 88.3 Å². The molecule has 0 heterocycles. The summed E-state index contributed by atoms with van der Waals surface area (Å²) in [5, 5.41) is 34.7. The van der Waals surface area contributed by atoms with Gasteiger partial charge in [0.25, 0.3) is 0 Å². The Balaban J connectivity index is 1.45. The first kappa shape index (κ1) is 62.9. The molecule has 0 radical (unpaired) electrons. The van der Waals surface area contributed by atoms with E-state index >= 15 is 0 Å². The third-order valence-electron chi connectivity index (χ3n) is 14.1. The maximum absolute atomic E-state index is 13.1. The molecule has 0 aliphatic carbocycles. The fraction of sp³-hybridized carbons (Fsp3) is 0.606. The summed E-state index contributed by atoms with van der Waals surface area (Å²) in [6.45, 7) is 49.9. The lowest BCUT2D eigenvalue weighted by Gasteiger charge is -2.34. The zero-order valence-electron chi connectivity index (χ0n) is 50.8. The zero-order valence-corrected chi connectivity index (χ0v) is 51.6. The van der Waals surface area contributed by atoms with Gasteiger partial charge in [-0.05, 0) is 114 Å². The average Bonchev–Trinajstić information content (AvgIpc) is 3.24. The Morgan fingerprint density at radius 1 is 0.400 bits per heavy atom. The minimum absolute atomic E-state index is 0.189. The van der Waals surface area contributed by atoms with Crippen molar-refractivity contribution in [2.75, 3.05) is 31.3 Å². The third kappa shape index (κ3) is 16.7. The highest BCUT2D eigenvalue weighted by Crippen LogP contribution is 2.48. The third-order valence-corrected chi connectivity index (χ3v) is 15.0. The number of ether oxygens (including phenoxy) is 3. The van der Waals surface area contributed by atoms with Crippen molar-refractivity contribution in [1.82, 2.24) is 0 Å². The van der Waals surface area contributed by atoms with Crippen LogP contribution < -0.4 is 4.74 Å². The summed E-state index contributed by atoms with van der Waals surface area (Å²) in [5.41, 5.74) is 8.78. The maximum atomic E-state index is 13.1. The van der Waals surface area contributed by atoms with E-state index in [9.17, 15) is 24.9 Å². The van der Waals surface area contributed by atoms with Gasteiger partial charge in [-0.3, -0.25) is 9.59 Å². The summed E-state index contributed by atoms with van der Waals surface area (Å²) < 4.78 is 18.3. The van der Waals surface area contributed by atoms with Crippen LogP contribution in [-0.2, 0) is 75.2 Å². The van der Waals surface area contributed by atoms with Crippen LogP contribution in [0.15, 0.2) is 48.5 Å². The normalized spacial score (nSPS) is 13.3. The number of thioether (sulfide) groups is 1. The first-order valence-corrected chi connectivity index (χ1v) is 28.4. The van der Waals surface area contributed by atoms with Crippen LogP contribution in [0.5, 0.6) is 23.0 Å². The average molecular weight is 1050 g/mol. The minimum Gasteiger partial charge on any atom is -0.507 e. The van der Waals surface area contributed by atoms with E-state index in [1.165, 1.54) is 0 Å². The molecule has 0 bridgehead atoms. The quantitative estimate of drug-likeness (QED) is 0.0701. The number of hydrogen-bond acceptors (Lipinski definition) is 9. The van der Waals surface area contributed by atoms with Gasteiger partial charge in [0, 0.05) is 57.6 Å². The Kier molecular flexibility index (Phi) is 19.4. The van der Waals surface area contributed by atoms with E-state index < -0.39 is 5.41 Å². The molecule has 0 saturated heterocycles. The monoisotopic (exact) mass is 1050 g/mol. The summed E-state index contributed by atoms with van der Waals surface area (Å²) in [5.74, 6) is 2.39. The number of carbonyl (C=O) groups excluding carboxylic acids is 2. The molecular formula is C66H98O8S. The van der Waals surface area contributed by atoms with Crippen molar-refractivity contribution < 1.29 is 39.1 Å². The molecule has 0 aliphatic heterocycles. The molecule has 0 spiro atoms. The highest BCUT2D eigenvalue weighted by Gasteiger charge is 2.35. The Morgan fingerprint density at radius 3 is 0.973 bits per heavy atom. The van der Waals surface area contributed by atoms with Crippen LogP contribution >= 0.6 is 11.8 Å². The van der Waals surface area contributed by atoms with E-state index in [0.29, 0.717) is 35.8 Å². The van der Waals surface area contributed by atoms with E-state index in [4.69, 9.17) is 14.2 Å². The number of phenols is 3. The molecule has 4 aromatic rings. The van der Waals surface area contributed by atoms with Crippen molar-refractivity contribution in [1.29, 1.82) is 0 Å². The van der Waals surface area contributed by atoms with Gasteiger partial charge in [-0.2, -0.15) is 11.8 Å². The standard InChI is InChI=1S/C66H98O8S/c1-59(2,3)45-32-41(33-46(55(45)69)60(4,5)6)24-26-53(67)72-28-30-75-31-29-73-54(68)27-25-42-34-47(61(7,8)9)57(71)50(35-42)66(22,23)40-74-58-51(64(16,17)18)38-44(39-52(58)65(19,20)21)43-36-48(62(10,11)12)56(70)49(37-43)63(13,14)15/h32-39,69-71H,24-31,40H2,1-23H3. The first-order valence-electron chi connectivity index (χ1n) is 27.3. The molecule has 0 aromatic heterocycles. The molecule has 8 nitrogen and oxygen atoms in total. The SMILES string of the molecule is CC(C)(C)c1cc(CCC(=O)OCCSCCOC(=O)CCc2cc(C(C)(C)C)c(O)c(C(C)(C)COc3c(C(C)(C)C)cc(-c4cc(C(C)(C)C)c(O)c(C(C)(C)C)c4)cc3C(C)(C)C)c2)cc(C(C)(C)C)c1O. The number of rotatable bonds is 17. The number of aryl methyl sites for hydroxylation is 2. The number of esters is 2. The van der Waals surface area contributed by atoms with Gasteiger partial charge < -0.3 is 29.5 Å². The lowest BCUT2D eigenvalue weighted by molar-refractivity contribution is -0.143. The number of hydrogen-bond donors (Lipinski definition) is 3. The Labute approximate surface area is 458 Å². The molecule has 9 heteroatoms. The van der Waals surface area contributed by atoms with E-state index in [0.717, 1.165) is 72.5 Å². The summed E-state index contributed by atoms with van der Waals surface area (Å²) in [7, 11) is 0. The largest absolute Gasteiger partial charge is 0.507 e. The lowest BCUT2D eigenvalue weighted by atomic mass is 9.75. The Morgan fingerprint density at radius 2 is 0.667 bits per heavy atom. The predicted molar refractivity (Wildman–Crippen MR) is 315 cm³/mol. The highest BCUT2D eigenvalue weighted by atomic mass is 32.2. The topological polar surface area (TPSA) is 123 Å². The molecule has 4 rings (SSSR count). The van der Waals surface area contributed by atoms with Gasteiger partial charge in [0.1, 0.15) is 36.2 Å². The van der Waals surface area contributed by atoms with Gasteiger partial charge in [-0.25, -0.2) is 0 Å². The van der Waals surface area contributed by atoms with Gasteiger partial charge in [-0.1, -0.05) is 184 Å². The van der Waals surface area contributed by atoms with Gasteiger partial charge in [-0.15, -0.1) is 0 Å². The van der Waals surface area contributed by atoms with Crippen molar-refractivity contribution in [3.05, 3.63) is 104 Å². The van der Waals surface area contributed by atoms with Crippen molar-refractivity contribution in [3.63, 3.8) is 0 Å². The van der Waals surface area contributed by atoms with Gasteiger partial charge in [0.2, 0.25) is 0 Å². The second-order valence-electron chi connectivity index (χ2n) is 28.9. The minimum atomic E-state index is -0.644. The Bertz CT molecular complexity index is 2550. The molecule has 0 amide bonds. The van der Waals surface area contributed by atoms with Crippen LogP contribution in [0.4, 0.5) is 0 Å². The second-order valence-corrected chi connectivity index (χ2v) is 30.1. The van der Waals surface area contributed by atoms with Crippen LogP contribution in [0.3, 0.4) is 0 Å². The summed E-state index contributed by atoms with van der Waals surface area (Å²) >= 11 is 1.57. The fourth-order valence-electron chi connectivity index (χ4n) is 9.42. The molecule has 0 saturated carbocycles. The summed E-state index contributed by atoms with van der Waals surface area (Å²) in [6.07, 6.45) is 1.41. The maximum Gasteiger partial charge on any atom is 0.306 e. The molecule has 0 fully saturated rings. The number of benzene rings is 4. The van der Waals surface area contributed by atoms with E-state index in [1.807, 2.05) is 24.3 Å². The second kappa shape index (κ2) is 23.1. The van der Waals surface area contributed by atoms with Crippen molar-refractivity contribution in [3.8, 4) is 34.1 Å². The predicted octanol–water partition coefficient (Wildman–Crippen LogP) is 16.3. The molecule has 0 aliphatic rings. The smallest absolute Gasteiger partial charge is 0.306 e. The van der Waals surface area contributed by atoms with Gasteiger partial charge >= 0.3 is 11.9 Å². The molecule has 0 unspecified atom stereocenters. The lowest BCUT2D eigenvalue weighted by Crippen LogP contribution is -2.30. The highest BCUT2D eigenvalue weighted by molar-refractivity contribution is 7.99. The van der Waals surface area contributed by atoms with Crippen LogP contribution in [0.2, 0.25) is 0 Å². The number of phenolic OH excluding ortho intramolecular Hbond substituents is 3. The van der Waals surface area contributed by atoms with Crippen LogP contribution in [0.25, 0.3) is 11.1 Å². The molecular weight excluding hydrogens is 953 g/mol. The molecule has 3 N–H and O–H groups in total. The zero-order chi connectivity index (χ0) is 57.2. The van der Waals surface area contributed by atoms with Gasteiger partial charge in [0.15, 0.2) is 0 Å². The molecule has 0 atom stereocenters. The van der Waals surface area contributed by atoms with E-state index in [2.05, 4.69) is 184 Å². The van der Waals surface area contributed by atoms with Gasteiger partial charge in [0.05, 0.1) is 6.61 Å². The molecule has 4 aromatic carbocycles. The van der Waals surface area contributed by atoms with E-state index in [1.54, 1.807) is 11.8 Å². The van der Waals surface area contributed by atoms with Crippen LogP contribution in [0, 0.1) is 0 Å². The summed E-state index contributed by atoms with van der Waals surface area (Å²) in [4.78, 5) is 25.8. The summed E-state index contributed by atoms with van der Waals surface area (Å²) in [6, 6.07) is 16.9. The fourth-order valence-corrected chi connectivity index (χ4v) is 10.0. The number of aromatic hydroxyl groups is 3. The van der Waals surface area contributed by atoms with Crippen molar-refractivity contribution >= 4 is 23.7 Å². The molecule has 416 valence electrons.